The third kappa shape index (κ3) is 5.83. The molecule has 0 radical (unpaired) electrons. The van der Waals surface area contributed by atoms with Crippen LogP contribution < -0.4 is 4.74 Å². The van der Waals surface area contributed by atoms with Gasteiger partial charge in [0.05, 0.1) is 0 Å². The van der Waals surface area contributed by atoms with Crippen molar-refractivity contribution in [3.8, 4) is 11.5 Å². The number of benzene rings is 2. The molecule has 1 N–H and O–H groups in total. The molecule has 3 heteroatoms. The number of carbonyl (C=O) groups is 1. The van der Waals surface area contributed by atoms with Crippen LogP contribution in [0.25, 0.3) is 6.08 Å². The van der Waals surface area contributed by atoms with Crippen molar-refractivity contribution in [3.63, 3.8) is 0 Å². The van der Waals surface area contributed by atoms with E-state index >= 15 is 0 Å². The van der Waals surface area contributed by atoms with Gasteiger partial charge in [-0.25, -0.2) is 0 Å². The zero-order valence-corrected chi connectivity index (χ0v) is 12.4. The highest BCUT2D eigenvalue weighted by molar-refractivity contribution is 5.66. The first-order valence-corrected chi connectivity index (χ1v) is 7.45. The maximum Gasteiger partial charge on any atom is 0.303 e. The molecule has 0 bridgehead atoms. The molecule has 0 saturated heterocycles. The highest BCUT2D eigenvalue weighted by atomic mass is 16.5. The summed E-state index contributed by atoms with van der Waals surface area (Å²) in [5.74, 6) is 0.895. The lowest BCUT2D eigenvalue weighted by Gasteiger charge is -2.05. The second kappa shape index (κ2) is 8.67. The maximum atomic E-state index is 10.4. The lowest BCUT2D eigenvalue weighted by Crippen LogP contribution is -1.92. The van der Waals surface area contributed by atoms with Crippen LogP contribution in [0.4, 0.5) is 0 Å². The normalized spacial score (nSPS) is 10.7. The van der Waals surface area contributed by atoms with Gasteiger partial charge in [-0.05, 0) is 49.1 Å². The number of unbranched alkanes of at least 4 members (excludes halogenated alkanes) is 2. The van der Waals surface area contributed by atoms with Crippen LogP contribution in [-0.2, 0) is 4.79 Å². The van der Waals surface area contributed by atoms with Crippen molar-refractivity contribution in [1.82, 2.24) is 0 Å². The molecular formula is C19H20O3. The van der Waals surface area contributed by atoms with Crippen molar-refractivity contribution in [2.75, 3.05) is 0 Å². The first-order chi connectivity index (χ1) is 10.7. The topological polar surface area (TPSA) is 46.5 Å². The molecule has 22 heavy (non-hydrogen) atoms. The molecule has 0 saturated carbocycles. The van der Waals surface area contributed by atoms with Crippen LogP contribution >= 0.6 is 0 Å². The molecule has 2 aromatic carbocycles. The largest absolute Gasteiger partial charge is 0.481 e. The van der Waals surface area contributed by atoms with Crippen LogP contribution in [0.1, 0.15) is 31.2 Å². The number of rotatable bonds is 8. The smallest absolute Gasteiger partial charge is 0.303 e. The fourth-order valence-electron chi connectivity index (χ4n) is 2.06. The van der Waals surface area contributed by atoms with Crippen LogP contribution in [0.15, 0.2) is 60.7 Å². The predicted molar refractivity (Wildman–Crippen MR) is 88.1 cm³/mol. The number of carboxylic acid groups (broad SMARTS) is 1. The molecule has 0 spiro atoms. The quantitative estimate of drug-likeness (QED) is 0.686. The lowest BCUT2D eigenvalue weighted by atomic mass is 10.1. The third-order valence-electron chi connectivity index (χ3n) is 3.16. The van der Waals surface area contributed by atoms with Gasteiger partial charge in [-0.2, -0.15) is 0 Å². The summed E-state index contributed by atoms with van der Waals surface area (Å²) in [6, 6.07) is 17.6. The first-order valence-electron chi connectivity index (χ1n) is 7.45. The zero-order valence-electron chi connectivity index (χ0n) is 12.4. The summed E-state index contributed by atoms with van der Waals surface area (Å²) in [5.41, 5.74) is 1.08. The van der Waals surface area contributed by atoms with Crippen molar-refractivity contribution in [2.45, 2.75) is 25.7 Å². The van der Waals surface area contributed by atoms with Crippen LogP contribution in [0, 0.1) is 0 Å². The average molecular weight is 296 g/mol. The molecule has 114 valence electrons. The Labute approximate surface area is 130 Å². The highest BCUT2D eigenvalue weighted by Crippen LogP contribution is 2.22. The molecular weight excluding hydrogens is 276 g/mol. The molecule has 0 atom stereocenters. The van der Waals surface area contributed by atoms with E-state index in [0.29, 0.717) is 0 Å². The van der Waals surface area contributed by atoms with E-state index in [1.165, 1.54) is 0 Å². The van der Waals surface area contributed by atoms with Crippen LogP contribution in [0.3, 0.4) is 0 Å². The molecule has 0 unspecified atom stereocenters. The molecule has 0 aliphatic heterocycles. The number of aliphatic carboxylic acids is 1. The maximum absolute atomic E-state index is 10.4. The van der Waals surface area contributed by atoms with Crippen molar-refractivity contribution in [1.29, 1.82) is 0 Å². The van der Waals surface area contributed by atoms with Crippen LogP contribution in [-0.4, -0.2) is 11.1 Å². The van der Waals surface area contributed by atoms with Gasteiger partial charge in [0.15, 0.2) is 0 Å². The number of allylic oxidation sites excluding steroid dienone is 1. The Morgan fingerprint density at radius 1 is 1.00 bits per heavy atom. The molecule has 3 nitrogen and oxygen atoms in total. The molecule has 0 fully saturated rings. The van der Waals surface area contributed by atoms with Gasteiger partial charge >= 0.3 is 5.97 Å². The molecule has 2 aromatic rings. The van der Waals surface area contributed by atoms with E-state index in [0.717, 1.165) is 36.3 Å². The third-order valence-corrected chi connectivity index (χ3v) is 3.16. The number of hydrogen-bond donors (Lipinski definition) is 1. The van der Waals surface area contributed by atoms with Gasteiger partial charge in [0, 0.05) is 6.42 Å². The number of para-hydroxylation sites is 1. The van der Waals surface area contributed by atoms with Crippen molar-refractivity contribution < 1.29 is 14.6 Å². The summed E-state index contributed by atoms with van der Waals surface area (Å²) in [6.45, 7) is 0. The monoisotopic (exact) mass is 296 g/mol. The Balaban J connectivity index is 1.84. The van der Waals surface area contributed by atoms with Gasteiger partial charge < -0.3 is 9.84 Å². The van der Waals surface area contributed by atoms with Gasteiger partial charge in [-0.1, -0.05) is 42.5 Å². The molecule has 2 rings (SSSR count). The fourth-order valence-corrected chi connectivity index (χ4v) is 2.06. The molecule has 0 amide bonds. The minimum absolute atomic E-state index is 0.244. The van der Waals surface area contributed by atoms with E-state index in [-0.39, 0.29) is 6.42 Å². The van der Waals surface area contributed by atoms with E-state index in [9.17, 15) is 4.79 Å². The van der Waals surface area contributed by atoms with Gasteiger partial charge in [-0.3, -0.25) is 4.79 Å². The van der Waals surface area contributed by atoms with Gasteiger partial charge in [0.1, 0.15) is 11.5 Å². The fraction of sp³-hybridized carbons (Fsp3) is 0.211. The minimum atomic E-state index is -0.727. The molecule has 0 aliphatic rings. The minimum Gasteiger partial charge on any atom is -0.481 e. The number of hydrogen-bond acceptors (Lipinski definition) is 2. The summed E-state index contributed by atoms with van der Waals surface area (Å²) < 4.78 is 5.79. The van der Waals surface area contributed by atoms with E-state index in [1.807, 2.05) is 60.7 Å². The van der Waals surface area contributed by atoms with Crippen LogP contribution in [0.2, 0.25) is 0 Å². The second-order valence-corrected chi connectivity index (χ2v) is 5.03. The zero-order chi connectivity index (χ0) is 15.6. The Morgan fingerprint density at radius 2 is 1.77 bits per heavy atom. The van der Waals surface area contributed by atoms with Crippen LogP contribution in [0.5, 0.6) is 11.5 Å². The molecule has 0 heterocycles. The van der Waals surface area contributed by atoms with Crippen molar-refractivity contribution in [2.24, 2.45) is 0 Å². The average Bonchev–Trinajstić information content (AvgIpc) is 2.52. The SMILES string of the molecule is O=C(O)CCCC/C=C/c1cccc(Oc2ccccc2)c1. The summed E-state index contributed by atoms with van der Waals surface area (Å²) in [5, 5.41) is 8.57. The molecule has 0 aliphatic carbocycles. The summed E-state index contributed by atoms with van der Waals surface area (Å²) in [6.07, 6.45) is 6.85. The summed E-state index contributed by atoms with van der Waals surface area (Å²) in [7, 11) is 0. The summed E-state index contributed by atoms with van der Waals surface area (Å²) in [4.78, 5) is 10.4. The number of carboxylic acids is 1. The first kappa shape index (κ1) is 15.8. The van der Waals surface area contributed by atoms with Gasteiger partial charge in [0.25, 0.3) is 0 Å². The Bertz CT molecular complexity index is 618. The van der Waals surface area contributed by atoms with Crippen molar-refractivity contribution >= 4 is 12.0 Å². The van der Waals surface area contributed by atoms with E-state index in [1.54, 1.807) is 0 Å². The molecule has 0 aromatic heterocycles. The Hall–Kier alpha value is -2.55. The lowest BCUT2D eigenvalue weighted by molar-refractivity contribution is -0.137. The Kier molecular flexibility index (Phi) is 6.24. The van der Waals surface area contributed by atoms with Gasteiger partial charge in [-0.15, -0.1) is 0 Å². The summed E-state index contributed by atoms with van der Waals surface area (Å²) >= 11 is 0. The standard InChI is InChI=1S/C19H20O3/c20-19(21)14-7-2-1-4-9-16-10-8-13-18(15-16)22-17-11-5-3-6-12-17/h3-6,8-13,15H,1-2,7,14H2,(H,20,21)/b9-4+. The number of ether oxygens (including phenoxy) is 1. The van der Waals surface area contributed by atoms with E-state index in [4.69, 9.17) is 9.84 Å². The highest BCUT2D eigenvalue weighted by Gasteiger charge is 1.97. The second-order valence-electron chi connectivity index (χ2n) is 5.03. The van der Waals surface area contributed by atoms with Crippen molar-refractivity contribution in [3.05, 3.63) is 66.2 Å². The van der Waals surface area contributed by atoms with Gasteiger partial charge in [0.2, 0.25) is 0 Å². The van der Waals surface area contributed by atoms with E-state index < -0.39 is 5.97 Å². The van der Waals surface area contributed by atoms with E-state index in [2.05, 4.69) is 6.08 Å². The predicted octanol–water partition coefficient (Wildman–Crippen LogP) is 5.14. The Morgan fingerprint density at radius 3 is 2.55 bits per heavy atom.